The van der Waals surface area contributed by atoms with Gasteiger partial charge in [-0.15, -0.1) is 11.3 Å². The number of alkyl halides is 3. The third-order valence-corrected chi connectivity index (χ3v) is 6.38. The zero-order chi connectivity index (χ0) is 26.2. The number of methoxy groups -OCH3 is 2. The van der Waals surface area contributed by atoms with E-state index in [4.69, 9.17) is 26.8 Å². The number of benzene rings is 1. The summed E-state index contributed by atoms with van der Waals surface area (Å²) in [5, 5.41) is 2.33. The quantitative estimate of drug-likeness (QED) is 0.392. The van der Waals surface area contributed by atoms with Crippen LogP contribution in [0.4, 0.5) is 13.2 Å². The van der Waals surface area contributed by atoms with Crippen molar-refractivity contribution in [3.05, 3.63) is 81.0 Å². The van der Waals surface area contributed by atoms with E-state index in [1.807, 2.05) is 19.1 Å². The smallest absolute Gasteiger partial charge is 0.417 e. The summed E-state index contributed by atoms with van der Waals surface area (Å²) < 4.78 is 49.8. The lowest BCUT2D eigenvalue weighted by atomic mass is 10.00. The molecule has 1 aromatic heterocycles. The highest BCUT2D eigenvalue weighted by atomic mass is 35.5. The van der Waals surface area contributed by atoms with Gasteiger partial charge in [0.15, 0.2) is 0 Å². The van der Waals surface area contributed by atoms with Crippen LogP contribution in [0.3, 0.4) is 0 Å². The average molecular weight is 528 g/mol. The van der Waals surface area contributed by atoms with Crippen LogP contribution in [0, 0.1) is 0 Å². The molecular weight excluding hydrogens is 503 g/mol. The van der Waals surface area contributed by atoms with Gasteiger partial charge in [-0.25, -0.2) is 4.98 Å². The molecule has 0 aliphatic carbocycles. The first-order valence-electron chi connectivity index (χ1n) is 10.2. The van der Waals surface area contributed by atoms with Crippen molar-refractivity contribution < 1.29 is 27.4 Å². The molecule has 1 aromatic carbocycles. The van der Waals surface area contributed by atoms with Crippen molar-refractivity contribution in [1.29, 1.82) is 0 Å². The highest BCUT2D eigenvalue weighted by Gasteiger charge is 2.35. The maximum absolute atomic E-state index is 13.1. The van der Waals surface area contributed by atoms with Crippen molar-refractivity contribution in [1.82, 2.24) is 10.3 Å². The lowest BCUT2D eigenvalue weighted by molar-refractivity contribution is -0.0888. The Morgan fingerprint density at radius 3 is 2.60 bits per heavy atom. The summed E-state index contributed by atoms with van der Waals surface area (Å²) in [6, 6.07) is 5.51. The van der Waals surface area contributed by atoms with Gasteiger partial charge in [-0.2, -0.15) is 13.2 Å². The Hall–Kier alpha value is -3.24. The number of aromatic nitrogens is 1. The van der Waals surface area contributed by atoms with Gasteiger partial charge >= 0.3 is 6.18 Å². The van der Waals surface area contributed by atoms with Crippen LogP contribution < -0.4 is 20.5 Å². The number of allylic oxidation sites excluding steroid dienone is 5. The van der Waals surface area contributed by atoms with E-state index in [-0.39, 0.29) is 4.88 Å². The Morgan fingerprint density at radius 1 is 1.31 bits per heavy atom. The predicted molar refractivity (Wildman–Crippen MR) is 133 cm³/mol. The average Bonchev–Trinajstić information content (AvgIpc) is 3.34. The molecule has 2 aromatic rings. The second-order valence-electron chi connectivity index (χ2n) is 7.08. The number of nitrogens with one attached hydrogen (secondary N) is 1. The maximum atomic E-state index is 13.1. The molecule has 35 heavy (non-hydrogen) atoms. The van der Waals surface area contributed by atoms with E-state index in [0.29, 0.717) is 29.1 Å². The van der Waals surface area contributed by atoms with Crippen molar-refractivity contribution in [3.8, 4) is 11.5 Å². The van der Waals surface area contributed by atoms with Gasteiger partial charge in [-0.1, -0.05) is 36.4 Å². The van der Waals surface area contributed by atoms with Crippen molar-refractivity contribution in [2.24, 2.45) is 5.73 Å². The Kier molecular flexibility index (Phi) is 9.97. The lowest BCUT2D eigenvalue weighted by Crippen LogP contribution is -2.24. The first-order chi connectivity index (χ1) is 16.5. The van der Waals surface area contributed by atoms with Crippen molar-refractivity contribution in [3.63, 3.8) is 0 Å². The van der Waals surface area contributed by atoms with E-state index in [9.17, 15) is 18.0 Å². The van der Waals surface area contributed by atoms with Crippen LogP contribution in [-0.2, 0) is 6.42 Å². The molecule has 0 fully saturated rings. The number of halogens is 4. The van der Waals surface area contributed by atoms with Gasteiger partial charge in [0.25, 0.3) is 5.91 Å². The predicted octanol–water partition coefficient (Wildman–Crippen LogP) is 5.62. The van der Waals surface area contributed by atoms with E-state index in [0.717, 1.165) is 34.1 Å². The summed E-state index contributed by atoms with van der Waals surface area (Å²) >= 11 is 6.64. The number of ether oxygens (including phenoxy) is 2. The summed E-state index contributed by atoms with van der Waals surface area (Å²) in [6.07, 6.45) is 0.280. The van der Waals surface area contributed by atoms with E-state index in [2.05, 4.69) is 16.9 Å². The Labute approximate surface area is 210 Å². The first kappa shape index (κ1) is 28.0. The molecule has 1 heterocycles. The minimum atomic E-state index is -4.70. The van der Waals surface area contributed by atoms with Crippen LogP contribution in [0.25, 0.3) is 5.57 Å². The monoisotopic (exact) mass is 527 g/mol. The van der Waals surface area contributed by atoms with Crippen molar-refractivity contribution in [2.75, 3.05) is 20.8 Å². The molecule has 1 amide bonds. The van der Waals surface area contributed by atoms with Crippen LogP contribution in [0.5, 0.6) is 11.5 Å². The zero-order valence-electron chi connectivity index (χ0n) is 19.3. The molecule has 0 saturated carbocycles. The summed E-state index contributed by atoms with van der Waals surface area (Å²) in [5.41, 5.74) is 6.54. The van der Waals surface area contributed by atoms with Gasteiger partial charge in [-0.05, 0) is 29.7 Å². The molecule has 0 atom stereocenters. The third kappa shape index (κ3) is 7.37. The molecule has 0 bridgehead atoms. The van der Waals surface area contributed by atoms with E-state index in [1.165, 1.54) is 6.20 Å². The number of rotatable bonds is 10. The normalized spacial score (nSPS) is 13.2. The molecule has 0 radical (unpaired) electrons. The molecule has 11 heteroatoms. The summed E-state index contributed by atoms with van der Waals surface area (Å²) in [5.74, 6) is 0.760. The molecule has 3 N–H and O–H groups in total. The van der Waals surface area contributed by atoms with E-state index >= 15 is 0 Å². The van der Waals surface area contributed by atoms with Gasteiger partial charge in [0.2, 0.25) is 0 Å². The topological polar surface area (TPSA) is 86.5 Å². The second-order valence-corrected chi connectivity index (χ2v) is 8.52. The van der Waals surface area contributed by atoms with Gasteiger partial charge in [0.1, 0.15) is 21.4 Å². The lowest BCUT2D eigenvalue weighted by Gasteiger charge is -2.12. The number of carbonyl (C=O) groups is 1. The number of carbonyl (C=O) groups excluding carboxylic acids is 1. The summed E-state index contributed by atoms with van der Waals surface area (Å²) in [6.45, 7) is 5.34. The van der Waals surface area contributed by atoms with Gasteiger partial charge in [0.05, 0.1) is 31.0 Å². The van der Waals surface area contributed by atoms with Crippen LogP contribution in [0.1, 0.15) is 27.2 Å². The first-order valence-corrected chi connectivity index (χ1v) is 11.4. The summed E-state index contributed by atoms with van der Waals surface area (Å²) in [7, 11) is 3.14. The number of thiazole rings is 1. The molecule has 188 valence electrons. The molecule has 0 saturated heterocycles. The number of amides is 1. The number of hydrogen-bond acceptors (Lipinski definition) is 6. The number of nitrogens with two attached hydrogens (primary N) is 1. The Morgan fingerprint density at radius 2 is 2.03 bits per heavy atom. The molecular formula is C24H25ClF3N3O3S. The van der Waals surface area contributed by atoms with Gasteiger partial charge < -0.3 is 20.5 Å². The number of nitrogens with zero attached hydrogens (tertiary/aromatic N) is 1. The van der Waals surface area contributed by atoms with Crippen LogP contribution in [0.2, 0.25) is 0 Å². The largest absolute Gasteiger partial charge is 0.497 e. The van der Waals surface area contributed by atoms with Crippen LogP contribution >= 0.6 is 22.9 Å². The Bertz CT molecular complexity index is 1170. The molecule has 0 aliphatic rings. The maximum Gasteiger partial charge on any atom is 0.417 e. The SMILES string of the molecule is C=C/C(Cc1ccc(OC)cc1OC)=C(/C)c1ncc(C(=O)NC/C=C(\C(Cl)=C/N)C(F)(F)F)s1. The van der Waals surface area contributed by atoms with E-state index < -0.39 is 29.2 Å². The molecule has 0 spiro atoms. The molecule has 2 rings (SSSR count). The number of hydrogen-bond donors (Lipinski definition) is 2. The molecule has 6 nitrogen and oxygen atoms in total. The van der Waals surface area contributed by atoms with Crippen molar-refractivity contribution >= 4 is 34.4 Å². The molecule has 0 unspecified atom stereocenters. The second kappa shape index (κ2) is 12.5. The minimum absolute atomic E-state index is 0.243. The Balaban J connectivity index is 2.20. The zero-order valence-corrected chi connectivity index (χ0v) is 20.9. The van der Waals surface area contributed by atoms with Gasteiger partial charge in [-0.3, -0.25) is 4.79 Å². The fourth-order valence-corrected chi connectivity index (χ4v) is 4.07. The van der Waals surface area contributed by atoms with Crippen LogP contribution in [-0.4, -0.2) is 37.8 Å². The fraction of sp³-hybridized carbons (Fsp3) is 0.250. The molecule has 0 aliphatic heterocycles. The summed E-state index contributed by atoms with van der Waals surface area (Å²) in [4.78, 5) is 17.0. The standard InChI is InChI=1S/C24H25ClF3N3O3S/c1-5-15(10-16-6-7-17(33-3)11-20(16)34-4)14(2)23-31-13-21(35-23)22(32)30-9-8-18(19(25)12-29)24(26,27)28/h5-8,11-13H,1,9-10,29H2,2-4H3,(H,30,32)/b15-14+,18-8+,19-12+. The minimum Gasteiger partial charge on any atom is -0.497 e. The van der Waals surface area contributed by atoms with Crippen molar-refractivity contribution in [2.45, 2.75) is 19.5 Å². The van der Waals surface area contributed by atoms with Gasteiger partial charge in [0, 0.05) is 25.2 Å². The third-order valence-electron chi connectivity index (χ3n) is 4.93. The van der Waals surface area contributed by atoms with Crippen LogP contribution in [0.15, 0.2) is 65.5 Å². The fourth-order valence-electron chi connectivity index (χ4n) is 3.02. The highest BCUT2D eigenvalue weighted by molar-refractivity contribution is 7.14. The van der Waals surface area contributed by atoms with E-state index in [1.54, 1.807) is 26.4 Å². The highest BCUT2D eigenvalue weighted by Crippen LogP contribution is 2.33.